The molecule has 34 heavy (non-hydrogen) atoms. The zero-order valence-corrected chi connectivity index (χ0v) is 21.1. The van der Waals surface area contributed by atoms with Crippen molar-refractivity contribution >= 4 is 50.5 Å². The smallest absolute Gasteiger partial charge is 0.267 e. The van der Waals surface area contributed by atoms with Gasteiger partial charge in [-0.3, -0.25) is 9.69 Å². The van der Waals surface area contributed by atoms with E-state index < -0.39 is 0 Å². The summed E-state index contributed by atoms with van der Waals surface area (Å²) in [5.41, 5.74) is 2.46. The number of ether oxygens (including phenoxy) is 2. The fourth-order valence-electron chi connectivity index (χ4n) is 3.35. The number of methoxy groups -OCH3 is 1. The van der Waals surface area contributed by atoms with Crippen molar-refractivity contribution in [3.05, 3.63) is 87.2 Å². The number of amides is 1. The molecule has 0 aliphatic carbocycles. The number of phenols is 1. The summed E-state index contributed by atoms with van der Waals surface area (Å²) in [5, 5.41) is 10.8. The molecular weight excluding hydrogens is 516 g/mol. The van der Waals surface area contributed by atoms with Gasteiger partial charge in [0.1, 0.15) is 5.75 Å². The van der Waals surface area contributed by atoms with Crippen LogP contribution in [0.3, 0.4) is 0 Å². The second-order valence-electron chi connectivity index (χ2n) is 7.36. The first-order chi connectivity index (χ1) is 16.5. The highest BCUT2D eigenvalue weighted by molar-refractivity contribution is 9.10. The Bertz CT molecular complexity index is 1240. The average molecular weight is 539 g/mol. The number of para-hydroxylation sites is 1. The summed E-state index contributed by atoms with van der Waals surface area (Å²) in [4.78, 5) is 20.4. The molecule has 1 N–H and O–H groups in total. The molecule has 0 saturated carbocycles. The zero-order valence-electron chi connectivity index (χ0n) is 18.7. The zero-order chi connectivity index (χ0) is 24.1. The second kappa shape index (κ2) is 10.8. The lowest BCUT2D eigenvalue weighted by molar-refractivity contribution is -0.122. The maximum atomic E-state index is 13.4. The van der Waals surface area contributed by atoms with E-state index in [0.29, 0.717) is 33.4 Å². The highest BCUT2D eigenvalue weighted by Crippen LogP contribution is 2.39. The Morgan fingerprint density at radius 3 is 2.53 bits per heavy atom. The van der Waals surface area contributed by atoms with Gasteiger partial charge < -0.3 is 14.6 Å². The molecule has 1 heterocycles. The summed E-state index contributed by atoms with van der Waals surface area (Å²) in [6.45, 7) is 2.64. The van der Waals surface area contributed by atoms with Crippen LogP contribution in [0.2, 0.25) is 0 Å². The van der Waals surface area contributed by atoms with Gasteiger partial charge in [0.05, 0.1) is 35.3 Å². The van der Waals surface area contributed by atoms with Crippen LogP contribution in [0.1, 0.15) is 18.1 Å². The van der Waals surface area contributed by atoms with Gasteiger partial charge in [-0.05, 0) is 88.2 Å². The summed E-state index contributed by atoms with van der Waals surface area (Å²) >= 11 is 4.68. The SMILES string of the molecule is CCOc1cc(/C=C2\SC(=Nc3ccccc3)N(Cc3ccc(OC)cc3)C2=O)cc(Br)c1O. The number of thioether (sulfide) groups is 1. The van der Waals surface area contributed by atoms with E-state index >= 15 is 0 Å². The number of amidine groups is 1. The van der Waals surface area contributed by atoms with Crippen LogP contribution in [0.4, 0.5) is 5.69 Å². The van der Waals surface area contributed by atoms with E-state index in [-0.39, 0.29) is 11.7 Å². The molecule has 0 spiro atoms. The first-order valence-electron chi connectivity index (χ1n) is 10.6. The number of carbonyl (C=O) groups is 1. The molecule has 0 aromatic heterocycles. The standard InChI is InChI=1S/C26H23BrN2O4S/c1-3-33-22-14-18(13-21(27)24(22)30)15-23-25(31)29(16-17-9-11-20(32-2)12-10-17)26(34-23)28-19-7-5-4-6-8-19/h4-15,30H,3,16H2,1-2H3/b23-15-,28-26?. The van der Waals surface area contributed by atoms with E-state index in [4.69, 9.17) is 14.5 Å². The van der Waals surface area contributed by atoms with E-state index in [0.717, 1.165) is 22.6 Å². The van der Waals surface area contributed by atoms with Crippen LogP contribution in [0, 0.1) is 0 Å². The lowest BCUT2D eigenvalue weighted by atomic mass is 10.1. The van der Waals surface area contributed by atoms with Crippen molar-refractivity contribution < 1.29 is 19.4 Å². The number of carbonyl (C=O) groups excluding carboxylic acids is 1. The van der Waals surface area contributed by atoms with Crippen LogP contribution < -0.4 is 9.47 Å². The van der Waals surface area contributed by atoms with Crippen LogP contribution in [-0.4, -0.2) is 34.8 Å². The fraction of sp³-hybridized carbons (Fsp3) is 0.154. The number of benzene rings is 3. The molecule has 3 aromatic carbocycles. The molecule has 8 heteroatoms. The predicted octanol–water partition coefficient (Wildman–Crippen LogP) is 6.37. The minimum atomic E-state index is -0.141. The number of aliphatic imine (C=N–C) groups is 1. The van der Waals surface area contributed by atoms with E-state index in [1.807, 2.05) is 61.5 Å². The molecule has 1 saturated heterocycles. The number of halogens is 1. The first-order valence-corrected chi connectivity index (χ1v) is 12.2. The van der Waals surface area contributed by atoms with Gasteiger partial charge in [0.15, 0.2) is 16.7 Å². The van der Waals surface area contributed by atoms with Crippen LogP contribution in [0.15, 0.2) is 81.1 Å². The third-order valence-electron chi connectivity index (χ3n) is 5.02. The first kappa shape index (κ1) is 23.9. The van der Waals surface area contributed by atoms with Crippen molar-refractivity contribution in [2.75, 3.05) is 13.7 Å². The minimum Gasteiger partial charge on any atom is -0.503 e. The van der Waals surface area contributed by atoms with Crippen molar-refractivity contribution in [3.8, 4) is 17.2 Å². The van der Waals surface area contributed by atoms with Crippen LogP contribution in [-0.2, 0) is 11.3 Å². The minimum absolute atomic E-state index is 0.0295. The number of nitrogens with zero attached hydrogens (tertiary/aromatic N) is 2. The Morgan fingerprint density at radius 1 is 1.12 bits per heavy atom. The van der Waals surface area contributed by atoms with E-state index in [1.54, 1.807) is 30.2 Å². The van der Waals surface area contributed by atoms with Gasteiger partial charge in [-0.1, -0.05) is 30.3 Å². The van der Waals surface area contributed by atoms with Crippen LogP contribution in [0.5, 0.6) is 17.2 Å². The Hall–Kier alpha value is -3.23. The molecule has 0 radical (unpaired) electrons. The summed E-state index contributed by atoms with van der Waals surface area (Å²) in [7, 11) is 1.62. The van der Waals surface area contributed by atoms with E-state index in [2.05, 4.69) is 15.9 Å². The quantitative estimate of drug-likeness (QED) is 0.354. The molecule has 3 aromatic rings. The normalized spacial score (nSPS) is 15.9. The summed E-state index contributed by atoms with van der Waals surface area (Å²) in [6, 6.07) is 20.6. The van der Waals surface area contributed by atoms with Gasteiger partial charge >= 0.3 is 0 Å². The second-order valence-corrected chi connectivity index (χ2v) is 9.23. The van der Waals surface area contributed by atoms with Crippen LogP contribution in [0.25, 0.3) is 6.08 Å². The van der Waals surface area contributed by atoms with Crippen molar-refractivity contribution in [1.82, 2.24) is 4.90 Å². The van der Waals surface area contributed by atoms with Crippen molar-refractivity contribution in [2.24, 2.45) is 4.99 Å². The van der Waals surface area contributed by atoms with Gasteiger partial charge in [0.2, 0.25) is 0 Å². The van der Waals surface area contributed by atoms with E-state index in [9.17, 15) is 9.90 Å². The number of hydrogen-bond acceptors (Lipinski definition) is 6. The Morgan fingerprint density at radius 2 is 1.85 bits per heavy atom. The summed E-state index contributed by atoms with van der Waals surface area (Å²) in [6.07, 6.45) is 1.79. The van der Waals surface area contributed by atoms with Crippen LogP contribution >= 0.6 is 27.7 Å². The van der Waals surface area contributed by atoms with Gasteiger partial charge in [-0.2, -0.15) is 0 Å². The molecule has 4 rings (SSSR count). The predicted molar refractivity (Wildman–Crippen MR) is 140 cm³/mol. The maximum Gasteiger partial charge on any atom is 0.267 e. The van der Waals surface area contributed by atoms with Gasteiger partial charge in [-0.25, -0.2) is 4.99 Å². The number of aromatic hydroxyl groups is 1. The molecule has 0 bridgehead atoms. The third kappa shape index (κ3) is 5.46. The monoisotopic (exact) mass is 538 g/mol. The van der Waals surface area contributed by atoms with Crippen molar-refractivity contribution in [2.45, 2.75) is 13.5 Å². The lowest BCUT2D eigenvalue weighted by Crippen LogP contribution is -2.28. The Balaban J connectivity index is 1.70. The Labute approximate surface area is 211 Å². The number of hydrogen-bond donors (Lipinski definition) is 1. The highest BCUT2D eigenvalue weighted by atomic mass is 79.9. The highest BCUT2D eigenvalue weighted by Gasteiger charge is 2.33. The topological polar surface area (TPSA) is 71.4 Å². The lowest BCUT2D eigenvalue weighted by Gasteiger charge is -2.16. The van der Waals surface area contributed by atoms with Crippen molar-refractivity contribution in [3.63, 3.8) is 0 Å². The third-order valence-corrected chi connectivity index (χ3v) is 6.63. The van der Waals surface area contributed by atoms with E-state index in [1.165, 1.54) is 11.8 Å². The Kier molecular flexibility index (Phi) is 7.59. The molecule has 1 amide bonds. The molecule has 0 atom stereocenters. The molecule has 0 unspecified atom stereocenters. The number of phenolic OH excluding ortho intramolecular Hbond substituents is 1. The molecule has 1 fully saturated rings. The average Bonchev–Trinajstić information content (AvgIpc) is 3.12. The molecule has 1 aliphatic rings. The van der Waals surface area contributed by atoms with Gasteiger partial charge in [0, 0.05) is 0 Å². The number of rotatable bonds is 7. The maximum absolute atomic E-state index is 13.4. The molecule has 1 aliphatic heterocycles. The van der Waals surface area contributed by atoms with Gasteiger partial charge in [0.25, 0.3) is 5.91 Å². The largest absolute Gasteiger partial charge is 0.503 e. The fourth-order valence-corrected chi connectivity index (χ4v) is 4.81. The van der Waals surface area contributed by atoms with Gasteiger partial charge in [-0.15, -0.1) is 0 Å². The van der Waals surface area contributed by atoms with Crippen molar-refractivity contribution in [1.29, 1.82) is 0 Å². The molecular formula is C26H23BrN2O4S. The summed E-state index contributed by atoms with van der Waals surface area (Å²) in [5.74, 6) is 1.000. The molecule has 6 nitrogen and oxygen atoms in total. The molecule has 174 valence electrons. The summed E-state index contributed by atoms with van der Waals surface area (Å²) < 4.78 is 11.3.